The lowest BCUT2D eigenvalue weighted by atomic mass is 10.0. The molecule has 7 heteroatoms. The van der Waals surface area contributed by atoms with Crippen molar-refractivity contribution >= 4 is 15.9 Å². The number of hydrogen-bond acceptors (Lipinski definition) is 3. The highest BCUT2D eigenvalue weighted by molar-refractivity contribution is 7.89. The summed E-state index contributed by atoms with van der Waals surface area (Å²) in [7, 11) is -3.82. The first-order chi connectivity index (χ1) is 13.1. The third kappa shape index (κ3) is 6.14. The zero-order valence-corrected chi connectivity index (χ0v) is 17.4. The van der Waals surface area contributed by atoms with Crippen molar-refractivity contribution in [3.8, 4) is 0 Å². The summed E-state index contributed by atoms with van der Waals surface area (Å²) in [5.41, 5.74) is 2.19. The Balaban J connectivity index is 2.11. The van der Waals surface area contributed by atoms with Gasteiger partial charge in [0.05, 0.1) is 4.90 Å². The van der Waals surface area contributed by atoms with E-state index in [1.807, 2.05) is 20.8 Å². The summed E-state index contributed by atoms with van der Waals surface area (Å²) < 4.78 is 41.2. The molecule has 1 amide bonds. The fourth-order valence-corrected chi connectivity index (χ4v) is 3.99. The Hall–Kier alpha value is -2.25. The number of hydrogen-bond donors (Lipinski definition) is 2. The van der Waals surface area contributed by atoms with Crippen LogP contribution in [0.3, 0.4) is 0 Å². The summed E-state index contributed by atoms with van der Waals surface area (Å²) in [4.78, 5) is 12.8. The number of aryl methyl sites for hydroxylation is 2. The van der Waals surface area contributed by atoms with Crippen LogP contribution in [0.25, 0.3) is 0 Å². The summed E-state index contributed by atoms with van der Waals surface area (Å²) in [6.45, 7) is 7.56. The quantitative estimate of drug-likeness (QED) is 0.705. The Kier molecular flexibility index (Phi) is 7.32. The fraction of sp³-hybridized carbons (Fsp3) is 0.381. The van der Waals surface area contributed by atoms with Gasteiger partial charge in [-0.25, -0.2) is 12.8 Å². The van der Waals surface area contributed by atoms with Crippen LogP contribution < -0.4 is 10.0 Å². The van der Waals surface area contributed by atoms with Gasteiger partial charge in [0.25, 0.3) is 0 Å². The lowest BCUT2D eigenvalue weighted by Crippen LogP contribution is -2.47. The summed E-state index contributed by atoms with van der Waals surface area (Å²) in [6.07, 6.45) is 0.360. The van der Waals surface area contributed by atoms with E-state index in [1.54, 1.807) is 31.2 Å². The van der Waals surface area contributed by atoms with E-state index in [0.29, 0.717) is 12.0 Å². The van der Waals surface area contributed by atoms with E-state index in [9.17, 15) is 17.6 Å². The highest BCUT2D eigenvalue weighted by atomic mass is 32.2. The highest BCUT2D eigenvalue weighted by Gasteiger charge is 2.26. The number of rotatable bonds is 8. The second-order valence-corrected chi connectivity index (χ2v) is 9.13. The lowest BCUT2D eigenvalue weighted by molar-refractivity contribution is -0.123. The molecule has 2 rings (SSSR count). The first-order valence-corrected chi connectivity index (χ1v) is 10.7. The first kappa shape index (κ1) is 22.0. The minimum Gasteiger partial charge on any atom is -0.351 e. The molecule has 1 unspecified atom stereocenters. The smallest absolute Gasteiger partial charge is 0.241 e. The Bertz CT molecular complexity index is 925. The van der Waals surface area contributed by atoms with Crippen molar-refractivity contribution in [2.45, 2.75) is 51.6 Å². The molecule has 5 nitrogen and oxygen atoms in total. The largest absolute Gasteiger partial charge is 0.351 e. The first-order valence-electron chi connectivity index (χ1n) is 9.20. The van der Waals surface area contributed by atoms with Gasteiger partial charge in [-0.1, -0.05) is 43.7 Å². The van der Waals surface area contributed by atoms with Crippen LogP contribution in [0.15, 0.2) is 47.4 Å². The third-order valence-electron chi connectivity index (χ3n) is 4.34. The van der Waals surface area contributed by atoms with E-state index in [4.69, 9.17) is 0 Å². The number of benzene rings is 2. The van der Waals surface area contributed by atoms with Gasteiger partial charge in [0.2, 0.25) is 15.9 Å². The van der Waals surface area contributed by atoms with E-state index in [2.05, 4.69) is 10.0 Å². The third-order valence-corrected chi connectivity index (χ3v) is 5.83. The minimum atomic E-state index is -3.82. The van der Waals surface area contributed by atoms with Crippen LogP contribution in [-0.4, -0.2) is 20.4 Å². The lowest BCUT2D eigenvalue weighted by Gasteiger charge is -2.20. The molecule has 28 heavy (non-hydrogen) atoms. The fourth-order valence-electron chi connectivity index (χ4n) is 2.78. The van der Waals surface area contributed by atoms with E-state index in [1.165, 1.54) is 18.2 Å². The number of amides is 1. The normalized spacial score (nSPS) is 12.8. The standard InChI is InChI=1S/C21H27FN2O3S/c1-14(2)11-20(24-28(26,27)18-8-5-15(3)6-9-18)21(25)23-13-17-7-10-19(22)16(4)12-17/h5-10,12,14,20,24H,11,13H2,1-4H3,(H,23,25). The van der Waals surface area contributed by atoms with E-state index < -0.39 is 22.0 Å². The number of carbonyl (C=O) groups excluding carboxylic acids is 1. The van der Waals surface area contributed by atoms with Crippen LogP contribution in [0.2, 0.25) is 0 Å². The number of sulfonamides is 1. The van der Waals surface area contributed by atoms with Crippen LogP contribution in [0.4, 0.5) is 4.39 Å². The minimum absolute atomic E-state index is 0.115. The van der Waals surface area contributed by atoms with Gasteiger partial charge in [0, 0.05) is 6.54 Å². The maximum atomic E-state index is 13.4. The molecule has 0 radical (unpaired) electrons. The topological polar surface area (TPSA) is 75.3 Å². The van der Waals surface area contributed by atoms with Crippen LogP contribution in [0.5, 0.6) is 0 Å². The van der Waals surface area contributed by atoms with Gasteiger partial charge in [-0.3, -0.25) is 4.79 Å². The maximum Gasteiger partial charge on any atom is 0.241 e. The van der Waals surface area contributed by atoms with Crippen molar-refractivity contribution in [3.63, 3.8) is 0 Å². The predicted molar refractivity (Wildman–Crippen MR) is 108 cm³/mol. The van der Waals surface area contributed by atoms with Gasteiger partial charge < -0.3 is 5.32 Å². The summed E-state index contributed by atoms with van der Waals surface area (Å²) in [5.74, 6) is -0.602. The van der Waals surface area contributed by atoms with Crippen molar-refractivity contribution in [2.75, 3.05) is 0 Å². The second-order valence-electron chi connectivity index (χ2n) is 7.42. The van der Waals surface area contributed by atoms with E-state index in [-0.39, 0.29) is 23.2 Å². The molecule has 2 aromatic carbocycles. The Morgan fingerprint density at radius 3 is 2.29 bits per heavy atom. The zero-order chi connectivity index (χ0) is 20.9. The molecule has 0 aromatic heterocycles. The highest BCUT2D eigenvalue weighted by Crippen LogP contribution is 2.14. The van der Waals surface area contributed by atoms with E-state index >= 15 is 0 Å². The molecule has 0 bridgehead atoms. The monoisotopic (exact) mass is 406 g/mol. The van der Waals surface area contributed by atoms with Crippen molar-refractivity contribution in [3.05, 3.63) is 65.0 Å². The Morgan fingerprint density at radius 1 is 1.07 bits per heavy atom. The van der Waals surface area contributed by atoms with E-state index in [0.717, 1.165) is 11.1 Å². The van der Waals surface area contributed by atoms with Crippen molar-refractivity contribution in [2.24, 2.45) is 5.92 Å². The van der Waals surface area contributed by atoms with Crippen molar-refractivity contribution in [1.82, 2.24) is 10.0 Å². The molecule has 152 valence electrons. The van der Waals surface area contributed by atoms with Gasteiger partial charge in [-0.15, -0.1) is 0 Å². The van der Waals surface area contributed by atoms with Crippen molar-refractivity contribution in [1.29, 1.82) is 0 Å². The van der Waals surface area contributed by atoms with Gasteiger partial charge >= 0.3 is 0 Å². The molecule has 0 fully saturated rings. The average Bonchev–Trinajstić information content (AvgIpc) is 2.61. The maximum absolute atomic E-state index is 13.4. The summed E-state index contributed by atoms with van der Waals surface area (Å²) >= 11 is 0. The summed E-state index contributed by atoms with van der Waals surface area (Å²) in [5, 5.41) is 2.75. The molecule has 0 spiro atoms. The molecule has 0 aliphatic rings. The average molecular weight is 407 g/mol. The molecule has 0 saturated heterocycles. The van der Waals surface area contributed by atoms with Gasteiger partial charge in [-0.2, -0.15) is 4.72 Å². The number of nitrogens with one attached hydrogen (secondary N) is 2. The van der Waals surface area contributed by atoms with Crippen LogP contribution in [0, 0.1) is 25.6 Å². The number of carbonyl (C=O) groups is 1. The molecule has 0 aliphatic carbocycles. The predicted octanol–water partition coefficient (Wildman–Crippen LogP) is 3.45. The van der Waals surface area contributed by atoms with Gasteiger partial charge in [0.1, 0.15) is 11.9 Å². The summed E-state index contributed by atoms with van der Waals surface area (Å²) in [6, 6.07) is 10.2. The molecule has 1 atom stereocenters. The zero-order valence-electron chi connectivity index (χ0n) is 16.6. The molecule has 0 saturated carbocycles. The van der Waals surface area contributed by atoms with Crippen LogP contribution in [0.1, 0.15) is 37.0 Å². The molecule has 2 aromatic rings. The van der Waals surface area contributed by atoms with Crippen LogP contribution in [-0.2, 0) is 21.4 Å². The molecular formula is C21H27FN2O3S. The molecule has 0 aliphatic heterocycles. The SMILES string of the molecule is Cc1ccc(S(=O)(=O)NC(CC(C)C)C(=O)NCc2ccc(F)c(C)c2)cc1. The number of halogens is 1. The molecule has 0 heterocycles. The van der Waals surface area contributed by atoms with Gasteiger partial charge in [0.15, 0.2) is 0 Å². The molecular weight excluding hydrogens is 379 g/mol. The van der Waals surface area contributed by atoms with Crippen LogP contribution >= 0.6 is 0 Å². The van der Waals surface area contributed by atoms with Crippen molar-refractivity contribution < 1.29 is 17.6 Å². The molecule has 2 N–H and O–H groups in total. The van der Waals surface area contributed by atoms with Gasteiger partial charge in [-0.05, 0) is 55.5 Å². The Labute approximate surface area is 166 Å². The second kappa shape index (κ2) is 9.30. The Morgan fingerprint density at radius 2 is 1.71 bits per heavy atom.